The quantitative estimate of drug-likeness (QED) is 0.252. The summed E-state index contributed by atoms with van der Waals surface area (Å²) >= 11 is 0. The van der Waals surface area contributed by atoms with Crippen molar-refractivity contribution in [1.29, 1.82) is 0 Å². The summed E-state index contributed by atoms with van der Waals surface area (Å²) in [5.41, 5.74) is 1.62. The minimum atomic E-state index is -4.25. The normalized spacial score (nSPS) is 12.3. The van der Waals surface area contributed by atoms with Crippen molar-refractivity contribution in [2.24, 2.45) is 5.92 Å². The van der Waals surface area contributed by atoms with E-state index in [1.807, 2.05) is 18.2 Å². The van der Waals surface area contributed by atoms with Gasteiger partial charge in [0.05, 0.1) is 21.5 Å². The number of aromatic nitrogens is 2. The van der Waals surface area contributed by atoms with E-state index in [1.54, 1.807) is 81.4 Å². The molecule has 0 saturated heterocycles. The van der Waals surface area contributed by atoms with Crippen molar-refractivity contribution < 1.29 is 18.0 Å². The second-order valence-electron chi connectivity index (χ2n) is 10.2. The number of fused-ring (bicyclic) bond motifs is 2. The lowest BCUT2D eigenvalue weighted by atomic mass is 9.97. The molecule has 0 aliphatic heterocycles. The van der Waals surface area contributed by atoms with Crippen LogP contribution in [0.25, 0.3) is 27.4 Å². The van der Waals surface area contributed by atoms with Crippen LogP contribution in [0, 0.1) is 12.8 Å². The van der Waals surface area contributed by atoms with E-state index in [0.29, 0.717) is 46.5 Å². The minimum Gasteiger partial charge on any atom is -0.343 e. The topological polar surface area (TPSA) is 118 Å². The first-order valence-corrected chi connectivity index (χ1v) is 15.5. The second kappa shape index (κ2) is 12.2. The van der Waals surface area contributed by atoms with Crippen molar-refractivity contribution in [2.45, 2.75) is 32.1 Å². The Bertz CT molecular complexity index is 2000. The summed E-state index contributed by atoms with van der Waals surface area (Å²) in [6, 6.07) is 25.9. The second-order valence-corrected chi connectivity index (χ2v) is 11.9. The summed E-state index contributed by atoms with van der Waals surface area (Å²) in [5.74, 6) is -2.14. The molecule has 220 valence electrons. The van der Waals surface area contributed by atoms with Gasteiger partial charge in [0.2, 0.25) is 11.8 Å². The van der Waals surface area contributed by atoms with Gasteiger partial charge in [-0.3, -0.25) is 19.0 Å². The average Bonchev–Trinajstić information content (AvgIpc) is 3.00. The van der Waals surface area contributed by atoms with E-state index in [4.69, 9.17) is 0 Å². The van der Waals surface area contributed by atoms with Crippen molar-refractivity contribution in [3.63, 3.8) is 0 Å². The first-order valence-electron chi connectivity index (χ1n) is 14.0. The first kappa shape index (κ1) is 29.7. The van der Waals surface area contributed by atoms with Gasteiger partial charge < -0.3 is 4.90 Å². The number of hydrogen-bond donors (Lipinski definition) is 1. The smallest absolute Gasteiger partial charge is 0.265 e. The van der Waals surface area contributed by atoms with Crippen LogP contribution in [0.15, 0.2) is 101 Å². The van der Waals surface area contributed by atoms with Gasteiger partial charge in [-0.2, -0.15) is 0 Å². The summed E-state index contributed by atoms with van der Waals surface area (Å²) in [5, 5.41) is 2.07. The van der Waals surface area contributed by atoms with Crippen molar-refractivity contribution in [3.05, 3.63) is 113 Å². The Labute approximate surface area is 249 Å². The number of hydrogen-bond acceptors (Lipinski definition) is 6. The Balaban J connectivity index is 1.43. The zero-order valence-electron chi connectivity index (χ0n) is 24.2. The molecule has 0 aliphatic rings. The van der Waals surface area contributed by atoms with Crippen LogP contribution in [-0.2, 0) is 26.0 Å². The molecule has 1 N–H and O–H groups in total. The van der Waals surface area contributed by atoms with Crippen LogP contribution in [-0.4, -0.2) is 47.8 Å². The number of nitrogens with one attached hydrogen (secondary N) is 1. The summed E-state index contributed by atoms with van der Waals surface area (Å²) in [7, 11) is -4.25. The van der Waals surface area contributed by atoms with Crippen LogP contribution < -0.4 is 10.3 Å². The Morgan fingerprint density at radius 3 is 2.23 bits per heavy atom. The van der Waals surface area contributed by atoms with E-state index < -0.39 is 27.8 Å². The Kier molecular flexibility index (Phi) is 8.40. The summed E-state index contributed by atoms with van der Waals surface area (Å²) < 4.78 is 30.1. The SMILES string of the molecule is CCN(CC)C(=O)C(Cc1ccc(-n2c(C)nc3ccccc3c2=O)cc1)C(=O)NS(=O)(=O)c1ccc2ccccc2c1. The first-order chi connectivity index (χ1) is 20.6. The van der Waals surface area contributed by atoms with Crippen molar-refractivity contribution in [2.75, 3.05) is 13.1 Å². The fourth-order valence-electron chi connectivity index (χ4n) is 5.21. The highest BCUT2D eigenvalue weighted by molar-refractivity contribution is 7.90. The number of aryl methyl sites for hydroxylation is 1. The van der Waals surface area contributed by atoms with E-state index in [1.165, 1.54) is 21.6 Å². The maximum Gasteiger partial charge on any atom is 0.265 e. The molecule has 1 unspecified atom stereocenters. The molecule has 1 atom stereocenters. The fraction of sp³-hybridized carbons (Fsp3) is 0.212. The van der Waals surface area contributed by atoms with E-state index in [0.717, 1.165) is 5.39 Å². The third-order valence-corrected chi connectivity index (χ3v) is 8.88. The molecule has 9 nitrogen and oxygen atoms in total. The number of carbonyl (C=O) groups excluding carboxylic acids is 2. The molecular weight excluding hydrogens is 564 g/mol. The van der Waals surface area contributed by atoms with E-state index in [2.05, 4.69) is 9.71 Å². The number of carbonyl (C=O) groups is 2. The lowest BCUT2D eigenvalue weighted by Crippen LogP contribution is -2.46. The van der Waals surface area contributed by atoms with Crippen LogP contribution in [0.1, 0.15) is 25.2 Å². The van der Waals surface area contributed by atoms with Crippen LogP contribution in [0.5, 0.6) is 0 Å². The van der Waals surface area contributed by atoms with Crippen molar-refractivity contribution >= 4 is 43.5 Å². The van der Waals surface area contributed by atoms with Gasteiger partial charge in [-0.05, 0) is 79.9 Å². The minimum absolute atomic E-state index is 0.0292. The van der Waals surface area contributed by atoms with Gasteiger partial charge in [0.1, 0.15) is 11.7 Å². The molecule has 0 fully saturated rings. The molecule has 5 aromatic rings. The molecule has 43 heavy (non-hydrogen) atoms. The summed E-state index contributed by atoms with van der Waals surface area (Å²) in [6.07, 6.45) is -0.0292. The van der Waals surface area contributed by atoms with Gasteiger partial charge in [0.15, 0.2) is 0 Å². The monoisotopic (exact) mass is 596 g/mol. The highest BCUT2D eigenvalue weighted by Gasteiger charge is 2.33. The molecule has 5 rings (SSSR count). The molecule has 2 amide bonds. The zero-order valence-corrected chi connectivity index (χ0v) is 25.0. The Hall–Kier alpha value is -4.83. The standard InChI is InChI=1S/C33H32N4O5S/c1-4-36(5-2)32(39)29(31(38)35-43(41,42)27-19-16-24-10-6-7-11-25(24)21-27)20-23-14-17-26(18-15-23)37-22(3)34-30-13-9-8-12-28(30)33(37)40/h6-19,21,29H,4-5,20H2,1-3H3,(H,35,38). The lowest BCUT2D eigenvalue weighted by Gasteiger charge is -2.25. The third-order valence-electron chi connectivity index (χ3n) is 7.53. The molecule has 4 aromatic carbocycles. The number of benzene rings is 4. The molecule has 1 aromatic heterocycles. The highest BCUT2D eigenvalue weighted by Crippen LogP contribution is 2.21. The molecule has 1 heterocycles. The third kappa shape index (κ3) is 6.05. The van der Waals surface area contributed by atoms with Crippen molar-refractivity contribution in [1.82, 2.24) is 19.2 Å². The van der Waals surface area contributed by atoms with Gasteiger partial charge in [0, 0.05) is 13.1 Å². The number of para-hydroxylation sites is 1. The maximum atomic E-state index is 13.5. The van der Waals surface area contributed by atoms with Crippen LogP contribution in [0.3, 0.4) is 0 Å². The Morgan fingerprint density at radius 2 is 1.53 bits per heavy atom. The van der Waals surface area contributed by atoms with Crippen molar-refractivity contribution in [3.8, 4) is 5.69 Å². The van der Waals surface area contributed by atoms with Gasteiger partial charge in [-0.25, -0.2) is 18.1 Å². The van der Waals surface area contributed by atoms with Crippen LogP contribution in [0.4, 0.5) is 0 Å². The molecule has 0 spiro atoms. The van der Waals surface area contributed by atoms with Gasteiger partial charge in [0.25, 0.3) is 15.6 Å². The summed E-state index contributed by atoms with van der Waals surface area (Å²) in [6.45, 7) is 6.09. The number of sulfonamides is 1. The predicted octanol–water partition coefficient (Wildman–Crippen LogP) is 4.38. The highest BCUT2D eigenvalue weighted by atomic mass is 32.2. The lowest BCUT2D eigenvalue weighted by molar-refractivity contribution is -0.141. The number of nitrogens with zero attached hydrogens (tertiary/aromatic N) is 3. The number of rotatable bonds is 9. The number of amides is 2. The van der Waals surface area contributed by atoms with Gasteiger partial charge >= 0.3 is 0 Å². The van der Waals surface area contributed by atoms with E-state index in [-0.39, 0.29) is 16.9 Å². The van der Waals surface area contributed by atoms with E-state index in [9.17, 15) is 22.8 Å². The Morgan fingerprint density at radius 1 is 0.884 bits per heavy atom. The molecule has 0 aliphatic carbocycles. The molecule has 0 saturated carbocycles. The summed E-state index contributed by atoms with van der Waals surface area (Å²) in [4.78, 5) is 46.2. The predicted molar refractivity (Wildman–Crippen MR) is 166 cm³/mol. The van der Waals surface area contributed by atoms with Crippen LogP contribution >= 0.6 is 0 Å². The van der Waals surface area contributed by atoms with Gasteiger partial charge in [-0.15, -0.1) is 0 Å². The molecular formula is C33H32N4O5S. The molecule has 0 bridgehead atoms. The molecule has 10 heteroatoms. The molecule has 0 radical (unpaired) electrons. The van der Waals surface area contributed by atoms with Crippen LogP contribution in [0.2, 0.25) is 0 Å². The largest absolute Gasteiger partial charge is 0.343 e. The fourth-order valence-corrected chi connectivity index (χ4v) is 6.26. The van der Waals surface area contributed by atoms with Gasteiger partial charge in [-0.1, -0.05) is 54.6 Å². The van der Waals surface area contributed by atoms with E-state index >= 15 is 0 Å². The average molecular weight is 597 g/mol. The zero-order chi connectivity index (χ0) is 30.7. The maximum absolute atomic E-state index is 13.5.